The zero-order chi connectivity index (χ0) is 13.9. The Hall–Kier alpha value is -0.930. The third-order valence-electron chi connectivity index (χ3n) is 4.64. The lowest BCUT2D eigenvalue weighted by atomic mass is 9.67. The molecule has 3 heteroatoms. The normalized spacial score (nSPS) is 26.6. The van der Waals surface area contributed by atoms with Crippen LogP contribution in [0.15, 0.2) is 24.5 Å². The van der Waals surface area contributed by atoms with E-state index in [4.69, 9.17) is 5.73 Å². The van der Waals surface area contributed by atoms with Gasteiger partial charge in [-0.3, -0.25) is 9.88 Å². The summed E-state index contributed by atoms with van der Waals surface area (Å²) in [5.74, 6) is 0. The molecule has 0 radical (unpaired) electrons. The highest BCUT2D eigenvalue weighted by atomic mass is 15.2. The number of hydrogen-bond acceptors (Lipinski definition) is 3. The van der Waals surface area contributed by atoms with Gasteiger partial charge in [0.15, 0.2) is 0 Å². The maximum Gasteiger partial charge on any atom is 0.0337 e. The minimum atomic E-state index is 0.150. The molecule has 1 aromatic heterocycles. The number of pyridine rings is 1. The Morgan fingerprint density at radius 1 is 1.37 bits per heavy atom. The molecule has 3 nitrogen and oxygen atoms in total. The molecule has 1 atom stereocenters. The van der Waals surface area contributed by atoms with Crippen LogP contribution in [0.2, 0.25) is 0 Å². The lowest BCUT2D eigenvalue weighted by molar-refractivity contribution is 0.0223. The van der Waals surface area contributed by atoms with Crippen LogP contribution in [0.5, 0.6) is 0 Å². The number of rotatable bonds is 4. The van der Waals surface area contributed by atoms with Gasteiger partial charge in [-0.15, -0.1) is 0 Å². The van der Waals surface area contributed by atoms with Crippen molar-refractivity contribution in [3.63, 3.8) is 0 Å². The zero-order valence-corrected chi connectivity index (χ0v) is 12.5. The molecule has 2 rings (SSSR count). The van der Waals surface area contributed by atoms with E-state index >= 15 is 0 Å². The van der Waals surface area contributed by atoms with E-state index in [2.05, 4.69) is 36.8 Å². The summed E-state index contributed by atoms with van der Waals surface area (Å²) in [4.78, 5) is 6.65. The molecule has 1 fully saturated rings. The van der Waals surface area contributed by atoms with Crippen LogP contribution in [0.3, 0.4) is 0 Å². The molecule has 0 aliphatic heterocycles. The first-order chi connectivity index (χ1) is 8.97. The van der Waals surface area contributed by atoms with Gasteiger partial charge in [-0.1, -0.05) is 26.3 Å². The van der Waals surface area contributed by atoms with Gasteiger partial charge in [-0.25, -0.2) is 0 Å². The number of aromatic nitrogens is 1. The van der Waals surface area contributed by atoms with Crippen molar-refractivity contribution in [1.82, 2.24) is 9.88 Å². The monoisotopic (exact) mass is 261 g/mol. The minimum Gasteiger partial charge on any atom is -0.329 e. The molecule has 19 heavy (non-hydrogen) atoms. The van der Waals surface area contributed by atoms with Crippen LogP contribution in [0.4, 0.5) is 0 Å². The second-order valence-electron chi connectivity index (χ2n) is 6.84. The smallest absolute Gasteiger partial charge is 0.0337 e. The van der Waals surface area contributed by atoms with E-state index in [1.165, 1.54) is 31.2 Å². The van der Waals surface area contributed by atoms with Crippen LogP contribution in [-0.2, 0) is 6.54 Å². The maximum absolute atomic E-state index is 6.16. The highest BCUT2D eigenvalue weighted by Crippen LogP contribution is 2.43. The number of hydrogen-bond donors (Lipinski definition) is 1. The van der Waals surface area contributed by atoms with Crippen molar-refractivity contribution in [2.24, 2.45) is 11.1 Å². The van der Waals surface area contributed by atoms with Crippen LogP contribution < -0.4 is 5.73 Å². The van der Waals surface area contributed by atoms with Gasteiger partial charge in [0.1, 0.15) is 0 Å². The quantitative estimate of drug-likeness (QED) is 0.906. The van der Waals surface area contributed by atoms with Gasteiger partial charge in [0.2, 0.25) is 0 Å². The van der Waals surface area contributed by atoms with Crippen LogP contribution in [0.25, 0.3) is 0 Å². The average molecular weight is 261 g/mol. The summed E-state index contributed by atoms with van der Waals surface area (Å²) in [6.07, 6.45) is 8.77. The average Bonchev–Trinajstić information content (AvgIpc) is 2.38. The molecular weight excluding hydrogens is 234 g/mol. The molecular formula is C16H27N3. The molecule has 1 unspecified atom stereocenters. The van der Waals surface area contributed by atoms with Crippen molar-refractivity contribution >= 4 is 0 Å². The fraction of sp³-hybridized carbons (Fsp3) is 0.688. The van der Waals surface area contributed by atoms with Gasteiger partial charge < -0.3 is 5.73 Å². The Kier molecular flexibility index (Phi) is 4.26. The van der Waals surface area contributed by atoms with Crippen molar-refractivity contribution in [1.29, 1.82) is 0 Å². The highest BCUT2D eigenvalue weighted by Gasteiger charge is 2.41. The first kappa shape index (κ1) is 14.5. The Labute approximate surface area is 117 Å². The first-order valence-corrected chi connectivity index (χ1v) is 7.28. The van der Waals surface area contributed by atoms with E-state index < -0.39 is 0 Å². The summed E-state index contributed by atoms with van der Waals surface area (Å²) in [6.45, 7) is 6.41. The first-order valence-electron chi connectivity index (χ1n) is 7.28. The Morgan fingerprint density at radius 2 is 2.16 bits per heavy atom. The van der Waals surface area contributed by atoms with Gasteiger partial charge >= 0.3 is 0 Å². The molecule has 1 aromatic rings. The van der Waals surface area contributed by atoms with Crippen LogP contribution in [0, 0.1) is 5.41 Å². The molecule has 1 aliphatic carbocycles. The van der Waals surface area contributed by atoms with Crippen molar-refractivity contribution in [2.45, 2.75) is 51.6 Å². The Morgan fingerprint density at radius 3 is 2.74 bits per heavy atom. The molecule has 2 N–H and O–H groups in total. The van der Waals surface area contributed by atoms with Crippen molar-refractivity contribution in [3.8, 4) is 0 Å². The molecule has 0 aromatic carbocycles. The van der Waals surface area contributed by atoms with Crippen LogP contribution in [-0.4, -0.2) is 29.0 Å². The number of likely N-dealkylation sites (N-methyl/N-ethyl adjacent to an activating group) is 1. The highest BCUT2D eigenvalue weighted by molar-refractivity contribution is 5.10. The van der Waals surface area contributed by atoms with E-state index in [1.54, 1.807) is 0 Å². The molecule has 0 amide bonds. The fourth-order valence-electron chi connectivity index (χ4n) is 3.55. The van der Waals surface area contributed by atoms with E-state index in [0.717, 1.165) is 13.1 Å². The van der Waals surface area contributed by atoms with Crippen molar-refractivity contribution in [3.05, 3.63) is 30.1 Å². The van der Waals surface area contributed by atoms with E-state index in [0.29, 0.717) is 5.41 Å². The van der Waals surface area contributed by atoms with Crippen molar-refractivity contribution < 1.29 is 0 Å². The predicted octanol–water partition coefficient (Wildman–Crippen LogP) is 2.81. The zero-order valence-electron chi connectivity index (χ0n) is 12.5. The molecule has 0 spiro atoms. The van der Waals surface area contributed by atoms with E-state index in [1.807, 2.05) is 18.5 Å². The van der Waals surface area contributed by atoms with Gasteiger partial charge in [0.25, 0.3) is 0 Å². The summed E-state index contributed by atoms with van der Waals surface area (Å²) < 4.78 is 0. The topological polar surface area (TPSA) is 42.2 Å². The van der Waals surface area contributed by atoms with E-state index in [9.17, 15) is 0 Å². The molecule has 1 aliphatic rings. The molecule has 0 bridgehead atoms. The third kappa shape index (κ3) is 3.34. The summed E-state index contributed by atoms with van der Waals surface area (Å²) >= 11 is 0. The van der Waals surface area contributed by atoms with Gasteiger partial charge in [-0.2, -0.15) is 0 Å². The molecule has 1 heterocycles. The standard InChI is InChI=1S/C16H27N3/c1-15(2)7-5-8-16(12-15,13-17)19(3)11-14-6-4-9-18-10-14/h4,6,9-10H,5,7-8,11-13,17H2,1-3H3. The van der Waals surface area contributed by atoms with Gasteiger partial charge in [0, 0.05) is 31.0 Å². The van der Waals surface area contributed by atoms with Crippen molar-refractivity contribution in [2.75, 3.05) is 13.6 Å². The summed E-state index contributed by atoms with van der Waals surface area (Å²) in [6, 6.07) is 4.14. The maximum atomic E-state index is 6.16. The van der Waals surface area contributed by atoms with Crippen LogP contribution >= 0.6 is 0 Å². The van der Waals surface area contributed by atoms with E-state index in [-0.39, 0.29) is 5.54 Å². The largest absolute Gasteiger partial charge is 0.329 e. The lowest BCUT2D eigenvalue weighted by Crippen LogP contribution is -2.55. The SMILES string of the molecule is CN(Cc1cccnc1)C1(CN)CCCC(C)(C)C1. The lowest BCUT2D eigenvalue weighted by Gasteiger charge is -2.49. The third-order valence-corrected chi connectivity index (χ3v) is 4.64. The minimum absolute atomic E-state index is 0.150. The molecule has 0 saturated heterocycles. The summed E-state index contributed by atoms with van der Waals surface area (Å²) in [5, 5.41) is 0. The summed E-state index contributed by atoms with van der Waals surface area (Å²) in [5.41, 5.74) is 7.98. The second kappa shape index (κ2) is 5.59. The number of nitrogens with two attached hydrogens (primary N) is 1. The molecule has 1 saturated carbocycles. The fourth-order valence-corrected chi connectivity index (χ4v) is 3.55. The number of nitrogens with zero attached hydrogens (tertiary/aromatic N) is 2. The molecule has 106 valence electrons. The predicted molar refractivity (Wildman–Crippen MR) is 79.7 cm³/mol. The van der Waals surface area contributed by atoms with Crippen LogP contribution in [0.1, 0.15) is 45.1 Å². The second-order valence-corrected chi connectivity index (χ2v) is 6.84. The van der Waals surface area contributed by atoms with Gasteiger partial charge in [0.05, 0.1) is 0 Å². The Bertz CT molecular complexity index is 402. The Balaban J connectivity index is 2.12. The summed E-state index contributed by atoms with van der Waals surface area (Å²) in [7, 11) is 2.21. The van der Waals surface area contributed by atoms with Gasteiger partial charge in [-0.05, 0) is 43.4 Å².